The highest BCUT2D eigenvalue weighted by Crippen LogP contribution is 2.25. The van der Waals surface area contributed by atoms with Crippen molar-refractivity contribution in [2.75, 3.05) is 6.26 Å². The Labute approximate surface area is 82.3 Å². The van der Waals surface area contributed by atoms with E-state index in [0.29, 0.717) is 11.0 Å². The molecule has 0 aliphatic heterocycles. The minimum Gasteiger partial charge on any atom is -0.463 e. The molecule has 1 aromatic carbocycles. The van der Waals surface area contributed by atoms with Crippen LogP contribution in [0.1, 0.15) is 5.56 Å². The summed E-state index contributed by atoms with van der Waals surface area (Å²) in [5.74, 6) is 0. The highest BCUT2D eigenvalue weighted by Gasteiger charge is 2.14. The molecule has 0 aliphatic carbocycles. The number of rotatable bonds is 1. The molecule has 3 nitrogen and oxygen atoms in total. The van der Waals surface area contributed by atoms with E-state index in [1.165, 1.54) is 6.26 Å². The smallest absolute Gasteiger partial charge is 0.179 e. The summed E-state index contributed by atoms with van der Waals surface area (Å²) in [5, 5.41) is 0.597. The highest BCUT2D eigenvalue weighted by molar-refractivity contribution is 7.91. The van der Waals surface area contributed by atoms with Gasteiger partial charge in [-0.3, -0.25) is 0 Å². The highest BCUT2D eigenvalue weighted by atomic mass is 32.2. The van der Waals surface area contributed by atoms with Crippen molar-refractivity contribution in [1.82, 2.24) is 0 Å². The molecule has 2 rings (SSSR count). The van der Waals surface area contributed by atoms with E-state index in [2.05, 4.69) is 6.92 Å². The van der Waals surface area contributed by atoms with E-state index in [4.69, 9.17) is 4.42 Å². The molecule has 0 N–H and O–H groups in total. The number of hydrogen-bond donors (Lipinski definition) is 0. The molecule has 0 amide bonds. The molecule has 0 spiro atoms. The number of fused-ring (bicyclic) bond motifs is 1. The Balaban J connectivity index is 2.87. The summed E-state index contributed by atoms with van der Waals surface area (Å²) in [7, 11) is -3.22. The van der Waals surface area contributed by atoms with Crippen LogP contribution >= 0.6 is 0 Å². The molecule has 0 fully saturated rings. The second kappa shape index (κ2) is 2.85. The second-order valence-electron chi connectivity index (χ2n) is 3.20. The monoisotopic (exact) mass is 209 g/mol. The molecular weight excluding hydrogens is 200 g/mol. The number of benzene rings is 1. The summed E-state index contributed by atoms with van der Waals surface area (Å²) >= 11 is 0. The third-order valence-corrected chi connectivity index (χ3v) is 3.12. The normalized spacial score (nSPS) is 12.1. The van der Waals surface area contributed by atoms with Crippen molar-refractivity contribution in [1.29, 1.82) is 0 Å². The molecule has 1 radical (unpaired) electrons. The van der Waals surface area contributed by atoms with Gasteiger partial charge in [0.15, 0.2) is 9.84 Å². The van der Waals surface area contributed by atoms with Crippen LogP contribution in [0.2, 0.25) is 0 Å². The predicted octanol–water partition coefficient (Wildman–Crippen LogP) is 2.02. The molecule has 0 saturated heterocycles. The van der Waals surface area contributed by atoms with Crippen molar-refractivity contribution >= 4 is 20.8 Å². The molecule has 2 aromatic rings. The van der Waals surface area contributed by atoms with Crippen molar-refractivity contribution in [3.8, 4) is 0 Å². The van der Waals surface area contributed by atoms with E-state index in [9.17, 15) is 8.42 Å². The largest absolute Gasteiger partial charge is 0.463 e. The van der Waals surface area contributed by atoms with Gasteiger partial charge >= 0.3 is 0 Å². The van der Waals surface area contributed by atoms with Gasteiger partial charge in [-0.15, -0.1) is 0 Å². The molecule has 1 heterocycles. The molecule has 0 aliphatic rings. The third-order valence-electron chi connectivity index (χ3n) is 2.00. The summed E-state index contributed by atoms with van der Waals surface area (Å²) in [6.07, 6.45) is 2.42. The zero-order valence-electron chi connectivity index (χ0n) is 7.65. The number of furan rings is 1. The molecule has 4 heteroatoms. The van der Waals surface area contributed by atoms with Gasteiger partial charge < -0.3 is 4.42 Å². The zero-order valence-corrected chi connectivity index (χ0v) is 8.47. The van der Waals surface area contributed by atoms with Crippen molar-refractivity contribution in [2.24, 2.45) is 0 Å². The number of hydrogen-bond acceptors (Lipinski definition) is 3. The van der Waals surface area contributed by atoms with Gasteiger partial charge in [0.2, 0.25) is 0 Å². The maximum atomic E-state index is 11.3. The maximum Gasteiger partial charge on any atom is 0.179 e. The van der Waals surface area contributed by atoms with Gasteiger partial charge in [-0.25, -0.2) is 8.42 Å². The average molecular weight is 209 g/mol. The molecular formula is C10H9O3S. The molecule has 0 atom stereocenters. The molecule has 0 bridgehead atoms. The van der Waals surface area contributed by atoms with Gasteiger partial charge in [0.25, 0.3) is 0 Å². The number of sulfone groups is 1. The summed E-state index contributed by atoms with van der Waals surface area (Å²) in [4.78, 5) is 0.220. The van der Waals surface area contributed by atoms with Crippen molar-refractivity contribution in [2.45, 2.75) is 4.90 Å². The summed E-state index contributed by atoms with van der Waals surface area (Å²) in [6, 6.07) is 5.19. The van der Waals surface area contributed by atoms with Gasteiger partial charge in [-0.1, -0.05) is 6.07 Å². The quantitative estimate of drug-likeness (QED) is 0.721. The second-order valence-corrected chi connectivity index (χ2v) is 5.19. The lowest BCUT2D eigenvalue weighted by Crippen LogP contribution is -1.94. The Morgan fingerprint density at radius 3 is 2.71 bits per heavy atom. The van der Waals surface area contributed by atoms with Gasteiger partial charge in [0.1, 0.15) is 16.7 Å². The first-order valence-corrected chi connectivity index (χ1v) is 5.91. The Morgan fingerprint density at radius 1 is 1.36 bits per heavy atom. The summed E-state index contributed by atoms with van der Waals surface area (Å²) < 4.78 is 27.8. The van der Waals surface area contributed by atoms with Crippen LogP contribution in [0, 0.1) is 6.92 Å². The molecule has 14 heavy (non-hydrogen) atoms. The molecule has 0 saturated carbocycles. The van der Waals surface area contributed by atoms with Crippen molar-refractivity contribution < 1.29 is 12.8 Å². The van der Waals surface area contributed by atoms with Crippen LogP contribution in [0.25, 0.3) is 11.0 Å². The van der Waals surface area contributed by atoms with E-state index in [1.54, 1.807) is 18.2 Å². The maximum absolute atomic E-state index is 11.3. The van der Waals surface area contributed by atoms with Crippen LogP contribution in [0.5, 0.6) is 0 Å². The Morgan fingerprint density at radius 2 is 2.07 bits per heavy atom. The SMILES string of the molecule is [CH2]c1ccc2occ(S(C)(=O)=O)c2c1. The zero-order chi connectivity index (χ0) is 10.3. The fourth-order valence-electron chi connectivity index (χ4n) is 1.34. The summed E-state index contributed by atoms with van der Waals surface area (Å²) in [6.45, 7) is 3.74. The van der Waals surface area contributed by atoms with Crippen molar-refractivity contribution in [3.63, 3.8) is 0 Å². The van der Waals surface area contributed by atoms with Crippen molar-refractivity contribution in [3.05, 3.63) is 36.9 Å². The van der Waals surface area contributed by atoms with Crippen LogP contribution in [-0.2, 0) is 9.84 Å². The fourth-order valence-corrected chi connectivity index (χ4v) is 2.12. The van der Waals surface area contributed by atoms with E-state index in [0.717, 1.165) is 11.8 Å². The standard InChI is InChI=1S/C10H9O3S/c1-7-3-4-9-8(5-7)10(6-13-9)14(2,11)12/h3-6H,1H2,2H3. The van der Waals surface area contributed by atoms with Crippen LogP contribution in [0.15, 0.2) is 33.8 Å². The van der Waals surface area contributed by atoms with Crippen LogP contribution in [0.3, 0.4) is 0 Å². The molecule has 1 aromatic heterocycles. The Bertz CT molecular complexity index is 578. The van der Waals surface area contributed by atoms with Gasteiger partial charge in [0.05, 0.1) is 0 Å². The molecule has 0 unspecified atom stereocenters. The van der Waals surface area contributed by atoms with Gasteiger partial charge in [-0.05, 0) is 24.6 Å². The van der Waals surface area contributed by atoms with E-state index >= 15 is 0 Å². The third kappa shape index (κ3) is 1.42. The molecule has 73 valence electrons. The lowest BCUT2D eigenvalue weighted by molar-refractivity contribution is 0.588. The first-order valence-electron chi connectivity index (χ1n) is 4.02. The Kier molecular flexibility index (Phi) is 1.89. The van der Waals surface area contributed by atoms with E-state index in [-0.39, 0.29) is 4.90 Å². The minimum atomic E-state index is -3.22. The Hall–Kier alpha value is -1.29. The van der Waals surface area contributed by atoms with E-state index in [1.807, 2.05) is 0 Å². The van der Waals surface area contributed by atoms with Gasteiger partial charge in [-0.2, -0.15) is 0 Å². The summed E-state index contributed by atoms with van der Waals surface area (Å²) in [5.41, 5.74) is 1.33. The average Bonchev–Trinajstić information content (AvgIpc) is 2.45. The topological polar surface area (TPSA) is 47.3 Å². The first kappa shape index (κ1) is 9.27. The lowest BCUT2D eigenvalue weighted by Gasteiger charge is -1.94. The lowest BCUT2D eigenvalue weighted by atomic mass is 10.2. The van der Waals surface area contributed by atoms with Gasteiger partial charge in [0, 0.05) is 11.6 Å². The first-order chi connectivity index (χ1) is 6.48. The predicted molar refractivity (Wildman–Crippen MR) is 53.8 cm³/mol. The minimum absolute atomic E-state index is 0.220. The van der Waals surface area contributed by atoms with Crippen LogP contribution in [-0.4, -0.2) is 14.7 Å². The van der Waals surface area contributed by atoms with E-state index < -0.39 is 9.84 Å². The van der Waals surface area contributed by atoms with Crippen LogP contribution < -0.4 is 0 Å². The fraction of sp³-hybridized carbons (Fsp3) is 0.100. The van der Waals surface area contributed by atoms with Crippen LogP contribution in [0.4, 0.5) is 0 Å².